The Morgan fingerprint density at radius 2 is 1.82 bits per heavy atom. The highest BCUT2D eigenvalue weighted by molar-refractivity contribution is 5.94. The Balaban J connectivity index is 1.59. The SMILES string of the molecule is CNC(=O)c1ccc(CN(C)C(=O)/C=C/c2cnn(-c3ccccc3)c2)cc1. The summed E-state index contributed by atoms with van der Waals surface area (Å²) in [6.45, 7) is 0.459. The van der Waals surface area contributed by atoms with Crippen molar-refractivity contribution in [2.24, 2.45) is 0 Å². The topological polar surface area (TPSA) is 67.2 Å². The summed E-state index contributed by atoms with van der Waals surface area (Å²) in [7, 11) is 3.34. The third-order valence-corrected chi connectivity index (χ3v) is 4.28. The molecule has 0 spiro atoms. The molecule has 3 rings (SSSR count). The predicted octanol–water partition coefficient (Wildman–Crippen LogP) is 2.90. The molecule has 0 fully saturated rings. The lowest BCUT2D eigenvalue weighted by Gasteiger charge is -2.15. The number of amides is 2. The van der Waals surface area contributed by atoms with Gasteiger partial charge in [-0.3, -0.25) is 9.59 Å². The molecular weight excluding hydrogens is 352 g/mol. The second-order valence-corrected chi connectivity index (χ2v) is 6.36. The van der Waals surface area contributed by atoms with Gasteiger partial charge in [-0.25, -0.2) is 4.68 Å². The first-order valence-corrected chi connectivity index (χ1v) is 8.91. The number of nitrogens with one attached hydrogen (secondary N) is 1. The molecule has 142 valence electrons. The standard InChI is InChI=1S/C22H22N4O2/c1-23-22(28)19-11-8-17(9-12-19)15-25(2)21(27)13-10-18-14-24-26(16-18)20-6-4-3-5-7-20/h3-14,16H,15H2,1-2H3,(H,23,28)/b13-10+. The van der Waals surface area contributed by atoms with Crippen molar-refractivity contribution in [3.63, 3.8) is 0 Å². The molecule has 0 atom stereocenters. The van der Waals surface area contributed by atoms with E-state index in [1.807, 2.05) is 48.7 Å². The van der Waals surface area contributed by atoms with Gasteiger partial charge in [0.1, 0.15) is 0 Å². The number of carbonyl (C=O) groups is 2. The molecule has 3 aromatic rings. The largest absolute Gasteiger partial charge is 0.355 e. The van der Waals surface area contributed by atoms with Gasteiger partial charge in [0.2, 0.25) is 5.91 Å². The van der Waals surface area contributed by atoms with Crippen LogP contribution >= 0.6 is 0 Å². The molecule has 28 heavy (non-hydrogen) atoms. The molecule has 0 aliphatic heterocycles. The van der Waals surface area contributed by atoms with E-state index in [1.165, 1.54) is 6.08 Å². The van der Waals surface area contributed by atoms with Gasteiger partial charge >= 0.3 is 0 Å². The average molecular weight is 374 g/mol. The number of rotatable bonds is 6. The third-order valence-electron chi connectivity index (χ3n) is 4.28. The van der Waals surface area contributed by atoms with Gasteiger partial charge in [-0.1, -0.05) is 30.3 Å². The third kappa shape index (κ3) is 4.73. The van der Waals surface area contributed by atoms with Gasteiger partial charge in [-0.15, -0.1) is 0 Å². The van der Waals surface area contributed by atoms with Gasteiger partial charge in [0.25, 0.3) is 5.91 Å². The Bertz CT molecular complexity index is 975. The molecular formula is C22H22N4O2. The minimum Gasteiger partial charge on any atom is -0.355 e. The van der Waals surface area contributed by atoms with E-state index in [4.69, 9.17) is 0 Å². The lowest BCUT2D eigenvalue weighted by Crippen LogP contribution is -2.24. The van der Waals surface area contributed by atoms with Crippen molar-refractivity contribution < 1.29 is 9.59 Å². The predicted molar refractivity (Wildman–Crippen MR) is 109 cm³/mol. The molecule has 0 radical (unpaired) electrons. The molecule has 0 aliphatic rings. The molecule has 1 aromatic heterocycles. The van der Waals surface area contributed by atoms with Gasteiger partial charge in [0, 0.05) is 44.0 Å². The second-order valence-electron chi connectivity index (χ2n) is 6.36. The van der Waals surface area contributed by atoms with E-state index < -0.39 is 0 Å². The minimum atomic E-state index is -0.130. The number of likely N-dealkylation sites (N-methyl/N-ethyl adjacent to an activating group) is 1. The molecule has 6 heteroatoms. The van der Waals surface area contributed by atoms with Crippen molar-refractivity contribution in [2.45, 2.75) is 6.54 Å². The number of benzene rings is 2. The van der Waals surface area contributed by atoms with Crippen molar-refractivity contribution in [3.8, 4) is 5.69 Å². The monoisotopic (exact) mass is 374 g/mol. The van der Waals surface area contributed by atoms with E-state index >= 15 is 0 Å². The van der Waals surface area contributed by atoms with Crippen LogP contribution in [-0.4, -0.2) is 40.6 Å². The highest BCUT2D eigenvalue weighted by Crippen LogP contribution is 2.10. The number of hydrogen-bond acceptors (Lipinski definition) is 3. The van der Waals surface area contributed by atoms with Crippen LogP contribution in [0.2, 0.25) is 0 Å². The normalized spacial score (nSPS) is 10.8. The van der Waals surface area contributed by atoms with Gasteiger partial charge < -0.3 is 10.2 Å². The molecule has 0 saturated carbocycles. The Hall–Kier alpha value is -3.67. The molecule has 2 amide bonds. The van der Waals surface area contributed by atoms with Crippen LogP contribution in [0.5, 0.6) is 0 Å². The highest BCUT2D eigenvalue weighted by atomic mass is 16.2. The number of carbonyl (C=O) groups excluding carboxylic acids is 2. The zero-order chi connectivity index (χ0) is 19.9. The first-order valence-electron chi connectivity index (χ1n) is 8.91. The first-order chi connectivity index (χ1) is 13.6. The average Bonchev–Trinajstić information content (AvgIpc) is 3.21. The molecule has 6 nitrogen and oxygen atoms in total. The Morgan fingerprint density at radius 3 is 2.50 bits per heavy atom. The van der Waals surface area contributed by atoms with Gasteiger partial charge in [0.15, 0.2) is 0 Å². The Morgan fingerprint density at radius 1 is 1.11 bits per heavy atom. The number of para-hydroxylation sites is 1. The second kappa shape index (κ2) is 8.81. The summed E-state index contributed by atoms with van der Waals surface area (Å²) in [6, 6.07) is 17.0. The molecule has 0 aliphatic carbocycles. The quantitative estimate of drug-likeness (QED) is 0.675. The van der Waals surface area contributed by atoms with E-state index in [0.717, 1.165) is 16.8 Å². The van der Waals surface area contributed by atoms with Crippen molar-refractivity contribution in [2.75, 3.05) is 14.1 Å². The summed E-state index contributed by atoms with van der Waals surface area (Å²) in [6.07, 6.45) is 6.87. The smallest absolute Gasteiger partial charge is 0.251 e. The maximum atomic E-state index is 12.4. The lowest BCUT2D eigenvalue weighted by molar-refractivity contribution is -0.125. The van der Waals surface area contributed by atoms with Gasteiger partial charge in [0.05, 0.1) is 11.9 Å². The molecule has 0 unspecified atom stereocenters. The van der Waals surface area contributed by atoms with Gasteiger partial charge in [-0.2, -0.15) is 5.10 Å². The van der Waals surface area contributed by atoms with Crippen molar-refractivity contribution in [3.05, 3.63) is 89.8 Å². The van der Waals surface area contributed by atoms with Crippen molar-refractivity contribution in [1.82, 2.24) is 20.0 Å². The molecule has 1 heterocycles. The summed E-state index contributed by atoms with van der Waals surface area (Å²) in [4.78, 5) is 25.6. The fourth-order valence-corrected chi connectivity index (χ4v) is 2.70. The van der Waals surface area contributed by atoms with E-state index in [-0.39, 0.29) is 11.8 Å². The summed E-state index contributed by atoms with van der Waals surface area (Å²) >= 11 is 0. The van der Waals surface area contributed by atoms with Crippen molar-refractivity contribution in [1.29, 1.82) is 0 Å². The number of aromatic nitrogens is 2. The molecule has 2 aromatic carbocycles. The molecule has 0 saturated heterocycles. The van der Waals surface area contributed by atoms with Crippen LogP contribution in [0.15, 0.2) is 73.1 Å². The van der Waals surface area contributed by atoms with Gasteiger partial charge in [-0.05, 0) is 35.9 Å². The van der Waals surface area contributed by atoms with E-state index in [0.29, 0.717) is 12.1 Å². The van der Waals surface area contributed by atoms with E-state index in [1.54, 1.807) is 48.1 Å². The van der Waals surface area contributed by atoms with Crippen LogP contribution in [-0.2, 0) is 11.3 Å². The van der Waals surface area contributed by atoms with Crippen LogP contribution in [0.3, 0.4) is 0 Å². The molecule has 1 N–H and O–H groups in total. The van der Waals surface area contributed by atoms with Crippen LogP contribution < -0.4 is 5.32 Å². The highest BCUT2D eigenvalue weighted by Gasteiger charge is 2.08. The molecule has 0 bridgehead atoms. The van der Waals surface area contributed by atoms with Crippen LogP contribution in [0, 0.1) is 0 Å². The fourth-order valence-electron chi connectivity index (χ4n) is 2.70. The van der Waals surface area contributed by atoms with Crippen LogP contribution in [0.1, 0.15) is 21.5 Å². The number of hydrogen-bond donors (Lipinski definition) is 1. The van der Waals surface area contributed by atoms with Crippen LogP contribution in [0.25, 0.3) is 11.8 Å². The zero-order valence-corrected chi connectivity index (χ0v) is 15.9. The summed E-state index contributed by atoms with van der Waals surface area (Å²) < 4.78 is 1.77. The zero-order valence-electron chi connectivity index (χ0n) is 15.9. The van der Waals surface area contributed by atoms with Crippen LogP contribution in [0.4, 0.5) is 0 Å². The fraction of sp³-hybridized carbons (Fsp3) is 0.136. The maximum Gasteiger partial charge on any atom is 0.251 e. The lowest BCUT2D eigenvalue weighted by atomic mass is 10.1. The van der Waals surface area contributed by atoms with E-state index in [2.05, 4.69) is 10.4 Å². The maximum absolute atomic E-state index is 12.4. The number of nitrogens with zero attached hydrogens (tertiary/aromatic N) is 3. The minimum absolute atomic E-state index is 0.108. The summed E-state index contributed by atoms with van der Waals surface area (Å²) in [5.41, 5.74) is 3.36. The first kappa shape index (κ1) is 19.1. The Kier molecular flexibility index (Phi) is 6.01. The Labute approximate surface area is 164 Å². The van der Waals surface area contributed by atoms with Crippen molar-refractivity contribution >= 4 is 17.9 Å². The van der Waals surface area contributed by atoms with E-state index in [9.17, 15) is 9.59 Å². The summed E-state index contributed by atoms with van der Waals surface area (Å²) in [5.74, 6) is -0.238. The summed E-state index contributed by atoms with van der Waals surface area (Å²) in [5, 5.41) is 6.90.